The molecule has 48 heavy (non-hydrogen) atoms. The van der Waals surface area contributed by atoms with Crippen molar-refractivity contribution < 1.29 is 9.84 Å². The number of pyridine rings is 2. The molecule has 0 unspecified atom stereocenters. The number of aliphatic hydroxyl groups is 1. The van der Waals surface area contributed by atoms with Crippen molar-refractivity contribution >= 4 is 22.8 Å². The third-order valence-corrected chi connectivity index (χ3v) is 9.95. The van der Waals surface area contributed by atoms with E-state index in [9.17, 15) is 14.7 Å². The maximum Gasteiger partial charge on any atom is 0.280 e. The molecule has 0 amide bonds. The van der Waals surface area contributed by atoms with E-state index >= 15 is 0 Å². The van der Waals surface area contributed by atoms with E-state index in [1.165, 1.54) is 20.4 Å². The van der Waals surface area contributed by atoms with Gasteiger partial charge in [0.2, 0.25) is 0 Å². The largest absolute Gasteiger partial charge is 0.392 e. The van der Waals surface area contributed by atoms with Gasteiger partial charge in [-0.2, -0.15) is 0 Å². The Labute approximate surface area is 277 Å². The molecule has 0 aromatic carbocycles. The second kappa shape index (κ2) is 11.7. The Balaban J connectivity index is 1.07. The molecular weight excluding hydrogens is 610 g/mol. The second-order valence-corrected chi connectivity index (χ2v) is 13.9. The number of nitrogens with one attached hydrogen (secondary N) is 1. The van der Waals surface area contributed by atoms with Crippen molar-refractivity contribution in [2.24, 2.45) is 12.5 Å². The Morgan fingerprint density at radius 2 is 1.81 bits per heavy atom. The van der Waals surface area contributed by atoms with Gasteiger partial charge in [0.25, 0.3) is 11.1 Å². The number of aliphatic hydroxyl groups excluding tert-OH is 1. The molecule has 2 fully saturated rings. The number of aryl methyl sites for hydroxylation is 1. The summed E-state index contributed by atoms with van der Waals surface area (Å²) in [7, 11) is 1.67. The number of aromatic nitrogens is 6. The third-order valence-electron chi connectivity index (χ3n) is 9.95. The first kappa shape index (κ1) is 30.5. The summed E-state index contributed by atoms with van der Waals surface area (Å²) in [6, 6.07) is 9.76. The molecule has 13 nitrogen and oxygen atoms in total. The van der Waals surface area contributed by atoms with E-state index < -0.39 is 0 Å². The van der Waals surface area contributed by atoms with Gasteiger partial charge in [0, 0.05) is 74.8 Å². The van der Waals surface area contributed by atoms with E-state index in [4.69, 9.17) is 4.74 Å². The molecule has 0 bridgehead atoms. The monoisotopic (exact) mass is 649 g/mol. The highest BCUT2D eigenvalue weighted by Crippen LogP contribution is 2.37. The van der Waals surface area contributed by atoms with Crippen LogP contribution in [0, 0.1) is 5.41 Å². The number of fused-ring (bicyclic) bond motifs is 3. The van der Waals surface area contributed by atoms with Crippen LogP contribution in [0.5, 0.6) is 0 Å². The standard InChI is InChI=1S/C35H39N9O4/c1-35(2)16-22-15-28-34(47)44(13-12-43(28)29(22)17-35)32-26(19-45)25(6-7-36-32)23-14-27(33(46)40(3)18-23)37-30-4-5-31(39-38-30)42-10-8-41(9-11-42)24-20-48-21-24/h4-7,12-15,18,24,45H,8-11,16-17,19-21H2,1-3H3,(H,37,38). The fourth-order valence-electron chi connectivity index (χ4n) is 7.34. The number of hydrogen-bond acceptors (Lipinski definition) is 10. The molecular formula is C35H39N9O4. The van der Waals surface area contributed by atoms with Crippen LogP contribution in [-0.2, 0) is 31.2 Å². The van der Waals surface area contributed by atoms with Crippen LogP contribution in [0.25, 0.3) is 22.5 Å². The number of piperazine rings is 1. The molecule has 2 saturated heterocycles. The first-order valence-corrected chi connectivity index (χ1v) is 16.4. The highest BCUT2D eigenvalue weighted by atomic mass is 16.5. The van der Waals surface area contributed by atoms with Gasteiger partial charge in [-0.3, -0.25) is 19.1 Å². The summed E-state index contributed by atoms with van der Waals surface area (Å²) >= 11 is 0. The Morgan fingerprint density at radius 3 is 2.52 bits per heavy atom. The Kier molecular flexibility index (Phi) is 7.42. The summed E-state index contributed by atoms with van der Waals surface area (Å²) < 4.78 is 10.3. The number of anilines is 3. The molecule has 7 heterocycles. The molecule has 5 aromatic heterocycles. The van der Waals surface area contributed by atoms with Crippen molar-refractivity contribution in [2.75, 3.05) is 49.6 Å². The molecule has 1 aliphatic carbocycles. The number of hydrogen-bond donors (Lipinski definition) is 2. The molecule has 0 saturated carbocycles. The van der Waals surface area contributed by atoms with Gasteiger partial charge in [-0.15, -0.1) is 10.2 Å². The summed E-state index contributed by atoms with van der Waals surface area (Å²) in [6.07, 6.45) is 8.77. The van der Waals surface area contributed by atoms with Crippen molar-refractivity contribution in [2.45, 2.75) is 39.3 Å². The molecule has 3 aliphatic rings. The molecule has 2 aliphatic heterocycles. The number of nitrogens with zero attached hydrogens (tertiary/aromatic N) is 8. The van der Waals surface area contributed by atoms with Gasteiger partial charge >= 0.3 is 0 Å². The van der Waals surface area contributed by atoms with Crippen molar-refractivity contribution in [1.82, 2.24) is 33.6 Å². The maximum absolute atomic E-state index is 13.8. The van der Waals surface area contributed by atoms with Crippen LogP contribution in [0.1, 0.15) is 30.7 Å². The Morgan fingerprint density at radius 1 is 1.00 bits per heavy atom. The quantitative estimate of drug-likeness (QED) is 0.271. The van der Waals surface area contributed by atoms with Crippen LogP contribution in [-0.4, -0.2) is 84.2 Å². The lowest BCUT2D eigenvalue weighted by atomic mass is 9.90. The Hall–Kier alpha value is -4.85. The van der Waals surface area contributed by atoms with Gasteiger partial charge in [-0.1, -0.05) is 13.8 Å². The molecule has 8 rings (SSSR count). The zero-order valence-corrected chi connectivity index (χ0v) is 27.4. The minimum Gasteiger partial charge on any atom is -0.392 e. The lowest BCUT2D eigenvalue weighted by Crippen LogP contribution is -2.56. The predicted octanol–water partition coefficient (Wildman–Crippen LogP) is 2.52. The van der Waals surface area contributed by atoms with E-state index in [2.05, 4.69) is 44.1 Å². The molecule has 2 N–H and O–H groups in total. The second-order valence-electron chi connectivity index (χ2n) is 13.9. The average Bonchev–Trinajstić information content (AvgIpc) is 3.55. The molecule has 0 atom stereocenters. The van der Waals surface area contributed by atoms with Gasteiger partial charge in [0.1, 0.15) is 17.0 Å². The first-order chi connectivity index (χ1) is 23.2. The van der Waals surface area contributed by atoms with Crippen LogP contribution >= 0.6 is 0 Å². The van der Waals surface area contributed by atoms with Crippen molar-refractivity contribution in [1.29, 1.82) is 0 Å². The van der Waals surface area contributed by atoms with Crippen molar-refractivity contribution in [3.8, 4) is 16.9 Å². The van der Waals surface area contributed by atoms with Gasteiger partial charge in [0.05, 0.1) is 25.9 Å². The normalized spacial score (nSPS) is 17.9. The fraction of sp³-hybridized carbons (Fsp3) is 0.400. The zero-order valence-electron chi connectivity index (χ0n) is 27.4. The lowest BCUT2D eigenvalue weighted by molar-refractivity contribution is -0.0661. The zero-order chi connectivity index (χ0) is 33.2. The average molecular weight is 650 g/mol. The number of ether oxygens (including phenoxy) is 1. The van der Waals surface area contributed by atoms with Gasteiger partial charge in [-0.25, -0.2) is 4.98 Å². The van der Waals surface area contributed by atoms with Crippen molar-refractivity contribution in [3.63, 3.8) is 0 Å². The summed E-state index contributed by atoms with van der Waals surface area (Å²) in [5.41, 5.74) is 4.78. The predicted molar refractivity (Wildman–Crippen MR) is 182 cm³/mol. The van der Waals surface area contributed by atoms with E-state index in [0.29, 0.717) is 45.6 Å². The van der Waals surface area contributed by atoms with E-state index in [1.807, 2.05) is 28.8 Å². The van der Waals surface area contributed by atoms with E-state index in [1.54, 1.807) is 37.8 Å². The maximum atomic E-state index is 13.8. The molecule has 0 radical (unpaired) electrons. The highest BCUT2D eigenvalue weighted by molar-refractivity contribution is 5.73. The summed E-state index contributed by atoms with van der Waals surface area (Å²) in [5, 5.41) is 22.6. The summed E-state index contributed by atoms with van der Waals surface area (Å²) in [5.74, 6) is 1.58. The Bertz CT molecular complexity index is 2140. The number of rotatable bonds is 7. The van der Waals surface area contributed by atoms with Crippen molar-refractivity contribution in [3.05, 3.63) is 92.6 Å². The minimum absolute atomic E-state index is 0.168. The lowest BCUT2D eigenvalue weighted by Gasteiger charge is -2.42. The molecule has 13 heteroatoms. The van der Waals surface area contributed by atoms with E-state index in [0.717, 1.165) is 58.1 Å². The first-order valence-electron chi connectivity index (χ1n) is 16.4. The third kappa shape index (κ3) is 5.27. The van der Waals surface area contributed by atoms with Gasteiger partial charge in [-0.05, 0) is 59.7 Å². The van der Waals surface area contributed by atoms with Crippen LogP contribution < -0.4 is 21.3 Å². The van der Waals surface area contributed by atoms with E-state index in [-0.39, 0.29) is 23.1 Å². The van der Waals surface area contributed by atoms with Crippen LogP contribution in [0.4, 0.5) is 17.3 Å². The SMILES string of the molecule is Cn1cc(-c2ccnc(-n3ccn4c5c(cc4c3=O)CC(C)(C)C5)c2CO)cc(Nc2ccc(N3CCN(C4COC4)CC3)nn2)c1=O. The molecule has 0 spiro atoms. The van der Waals surface area contributed by atoms with Crippen LogP contribution in [0.15, 0.2) is 64.7 Å². The van der Waals surface area contributed by atoms with Crippen LogP contribution in [0.2, 0.25) is 0 Å². The van der Waals surface area contributed by atoms with Gasteiger partial charge < -0.3 is 29.0 Å². The smallest absolute Gasteiger partial charge is 0.280 e. The summed E-state index contributed by atoms with van der Waals surface area (Å²) in [6.45, 7) is 9.41. The fourth-order valence-corrected chi connectivity index (χ4v) is 7.34. The topological polar surface area (TPSA) is 135 Å². The van der Waals surface area contributed by atoms with Crippen LogP contribution in [0.3, 0.4) is 0 Å². The minimum atomic E-state index is -0.358. The van der Waals surface area contributed by atoms with Gasteiger partial charge in [0.15, 0.2) is 11.6 Å². The molecule has 248 valence electrons. The highest BCUT2D eigenvalue weighted by Gasteiger charge is 2.32. The molecule has 5 aromatic rings. The summed E-state index contributed by atoms with van der Waals surface area (Å²) in [4.78, 5) is 36.2.